The quantitative estimate of drug-likeness (QED) is 0.544. The molecule has 0 saturated carbocycles. The summed E-state index contributed by atoms with van der Waals surface area (Å²) in [7, 11) is 0. The molecule has 2 aromatic heterocycles. The van der Waals surface area contributed by atoms with E-state index < -0.39 is 0 Å². The second-order valence-corrected chi connectivity index (χ2v) is 3.75. The van der Waals surface area contributed by atoms with Crippen molar-refractivity contribution in [3.8, 4) is 0 Å². The Kier molecular flexibility index (Phi) is 1.51. The molecule has 0 aliphatic heterocycles. The monoisotopic (exact) mass is 197 g/mol. The average molecular weight is 197 g/mol. The molecule has 15 heavy (non-hydrogen) atoms. The van der Waals surface area contributed by atoms with Crippen molar-refractivity contribution in [2.24, 2.45) is 0 Å². The molecule has 0 radical (unpaired) electrons. The van der Waals surface area contributed by atoms with Gasteiger partial charge in [0.15, 0.2) is 0 Å². The normalized spacial score (nSPS) is 11.3. The molecule has 0 fully saturated rings. The maximum atomic E-state index is 5.78. The largest absolute Gasteiger partial charge is 0.399 e. The predicted molar refractivity (Wildman–Crippen MR) is 62.7 cm³/mol. The maximum absolute atomic E-state index is 5.78. The smallest absolute Gasteiger partial charge is 0.0681 e. The molecular weight excluding hydrogens is 186 g/mol. The Bertz CT molecular complexity index is 652. The predicted octanol–water partition coefficient (Wildman–Crippen LogP) is 2.61. The molecule has 3 rings (SSSR count). The molecule has 3 heteroatoms. The van der Waals surface area contributed by atoms with E-state index in [-0.39, 0.29) is 0 Å². The Morgan fingerprint density at radius 1 is 1.20 bits per heavy atom. The number of aromatic nitrogens is 2. The topological polar surface area (TPSA) is 54.7 Å². The lowest BCUT2D eigenvalue weighted by atomic mass is 10.1. The number of rotatable bonds is 0. The zero-order chi connectivity index (χ0) is 10.4. The number of hydrogen-bond donors (Lipinski definition) is 2. The molecule has 3 aromatic rings. The van der Waals surface area contributed by atoms with Gasteiger partial charge in [0.05, 0.1) is 11.2 Å². The Hall–Kier alpha value is -2.03. The van der Waals surface area contributed by atoms with E-state index in [1.54, 1.807) is 0 Å². The van der Waals surface area contributed by atoms with Gasteiger partial charge in [-0.15, -0.1) is 0 Å². The number of fused-ring (bicyclic) bond motifs is 3. The van der Waals surface area contributed by atoms with Crippen molar-refractivity contribution >= 4 is 27.5 Å². The molecule has 0 bridgehead atoms. The number of nitrogen functional groups attached to an aromatic ring is 1. The number of H-pyrrole nitrogens is 1. The van der Waals surface area contributed by atoms with Crippen molar-refractivity contribution in [2.45, 2.75) is 6.92 Å². The van der Waals surface area contributed by atoms with Crippen molar-refractivity contribution in [3.05, 3.63) is 36.2 Å². The van der Waals surface area contributed by atoms with Gasteiger partial charge in [-0.05, 0) is 31.2 Å². The standard InChI is InChI=1S/C12H11N3/c1-7-12-9(4-5-14-7)10-6-8(13)2-3-11(10)15-12/h2-6,15H,13H2,1H3. The fourth-order valence-corrected chi connectivity index (χ4v) is 1.98. The van der Waals surface area contributed by atoms with Gasteiger partial charge in [0, 0.05) is 28.2 Å². The van der Waals surface area contributed by atoms with Gasteiger partial charge in [0.25, 0.3) is 0 Å². The molecule has 74 valence electrons. The summed E-state index contributed by atoms with van der Waals surface area (Å²) in [6, 6.07) is 7.92. The van der Waals surface area contributed by atoms with Crippen LogP contribution in [0.4, 0.5) is 5.69 Å². The number of pyridine rings is 1. The Balaban J connectivity index is 2.58. The molecule has 0 aliphatic rings. The summed E-state index contributed by atoms with van der Waals surface area (Å²) in [5.74, 6) is 0. The lowest BCUT2D eigenvalue weighted by molar-refractivity contribution is 1.22. The fourth-order valence-electron chi connectivity index (χ4n) is 1.98. The lowest BCUT2D eigenvalue weighted by Gasteiger charge is -1.94. The highest BCUT2D eigenvalue weighted by molar-refractivity contribution is 6.08. The van der Waals surface area contributed by atoms with Gasteiger partial charge in [-0.2, -0.15) is 0 Å². The van der Waals surface area contributed by atoms with Crippen LogP contribution in [-0.4, -0.2) is 9.97 Å². The molecule has 3 nitrogen and oxygen atoms in total. The number of nitrogens with zero attached hydrogens (tertiary/aromatic N) is 1. The fraction of sp³-hybridized carbons (Fsp3) is 0.0833. The van der Waals surface area contributed by atoms with Gasteiger partial charge < -0.3 is 10.7 Å². The third kappa shape index (κ3) is 1.09. The number of hydrogen-bond acceptors (Lipinski definition) is 2. The summed E-state index contributed by atoms with van der Waals surface area (Å²) >= 11 is 0. The first-order chi connectivity index (χ1) is 7.25. The summed E-state index contributed by atoms with van der Waals surface area (Å²) in [6.07, 6.45) is 1.83. The van der Waals surface area contributed by atoms with E-state index in [1.165, 1.54) is 5.39 Å². The number of nitrogens with one attached hydrogen (secondary N) is 1. The first kappa shape index (κ1) is 8.29. The zero-order valence-electron chi connectivity index (χ0n) is 8.41. The van der Waals surface area contributed by atoms with Gasteiger partial charge in [0.2, 0.25) is 0 Å². The van der Waals surface area contributed by atoms with E-state index in [0.717, 1.165) is 27.8 Å². The molecule has 0 aliphatic carbocycles. The van der Waals surface area contributed by atoms with Crippen LogP contribution in [0.25, 0.3) is 21.8 Å². The number of benzene rings is 1. The molecule has 0 atom stereocenters. The number of nitrogens with two attached hydrogens (primary N) is 1. The summed E-state index contributed by atoms with van der Waals surface area (Å²) < 4.78 is 0. The second-order valence-electron chi connectivity index (χ2n) is 3.75. The van der Waals surface area contributed by atoms with Crippen LogP contribution in [0.5, 0.6) is 0 Å². The van der Waals surface area contributed by atoms with Crippen LogP contribution < -0.4 is 5.73 Å². The minimum absolute atomic E-state index is 0.790. The van der Waals surface area contributed by atoms with Gasteiger partial charge in [0.1, 0.15) is 0 Å². The molecule has 0 amide bonds. The summed E-state index contributed by atoms with van der Waals surface area (Å²) in [6.45, 7) is 2.00. The molecular formula is C12H11N3. The van der Waals surface area contributed by atoms with Gasteiger partial charge in [-0.1, -0.05) is 0 Å². The van der Waals surface area contributed by atoms with E-state index in [2.05, 4.69) is 9.97 Å². The van der Waals surface area contributed by atoms with Crippen molar-refractivity contribution in [1.82, 2.24) is 9.97 Å². The third-order valence-corrected chi connectivity index (χ3v) is 2.73. The highest BCUT2D eigenvalue weighted by Crippen LogP contribution is 2.27. The van der Waals surface area contributed by atoms with Crippen LogP contribution in [0, 0.1) is 6.92 Å². The van der Waals surface area contributed by atoms with E-state index >= 15 is 0 Å². The highest BCUT2D eigenvalue weighted by atomic mass is 14.8. The first-order valence-corrected chi connectivity index (χ1v) is 4.88. The van der Waals surface area contributed by atoms with E-state index in [1.807, 2.05) is 37.4 Å². The highest BCUT2D eigenvalue weighted by Gasteiger charge is 2.05. The van der Waals surface area contributed by atoms with Crippen molar-refractivity contribution in [3.63, 3.8) is 0 Å². The maximum Gasteiger partial charge on any atom is 0.0681 e. The van der Waals surface area contributed by atoms with Crippen LogP contribution >= 0.6 is 0 Å². The molecule has 2 heterocycles. The Labute approximate surface area is 86.9 Å². The first-order valence-electron chi connectivity index (χ1n) is 4.88. The third-order valence-electron chi connectivity index (χ3n) is 2.73. The lowest BCUT2D eigenvalue weighted by Crippen LogP contribution is -1.82. The SMILES string of the molecule is Cc1nccc2c1[nH]c1ccc(N)cc12. The van der Waals surface area contributed by atoms with Gasteiger partial charge in [-0.25, -0.2) is 0 Å². The zero-order valence-corrected chi connectivity index (χ0v) is 8.41. The molecule has 1 aromatic carbocycles. The summed E-state index contributed by atoms with van der Waals surface area (Å²) in [5.41, 5.74) is 9.79. The molecule has 0 spiro atoms. The van der Waals surface area contributed by atoms with E-state index in [4.69, 9.17) is 5.73 Å². The van der Waals surface area contributed by atoms with Crippen LogP contribution in [0.3, 0.4) is 0 Å². The Morgan fingerprint density at radius 3 is 2.93 bits per heavy atom. The summed E-state index contributed by atoms with van der Waals surface area (Å²) in [4.78, 5) is 7.62. The average Bonchev–Trinajstić information content (AvgIpc) is 2.58. The van der Waals surface area contributed by atoms with Crippen molar-refractivity contribution < 1.29 is 0 Å². The molecule has 0 unspecified atom stereocenters. The van der Waals surface area contributed by atoms with Crippen LogP contribution in [-0.2, 0) is 0 Å². The minimum Gasteiger partial charge on any atom is -0.399 e. The van der Waals surface area contributed by atoms with E-state index in [0.29, 0.717) is 0 Å². The second kappa shape index (κ2) is 2.73. The van der Waals surface area contributed by atoms with E-state index in [9.17, 15) is 0 Å². The van der Waals surface area contributed by atoms with Crippen LogP contribution in [0.1, 0.15) is 5.69 Å². The molecule has 3 N–H and O–H groups in total. The summed E-state index contributed by atoms with van der Waals surface area (Å²) in [5, 5.41) is 2.35. The van der Waals surface area contributed by atoms with Gasteiger partial charge in [-0.3, -0.25) is 4.98 Å². The molecule has 0 saturated heterocycles. The number of aryl methyl sites for hydroxylation is 1. The van der Waals surface area contributed by atoms with Crippen molar-refractivity contribution in [2.75, 3.05) is 5.73 Å². The van der Waals surface area contributed by atoms with Crippen LogP contribution in [0.15, 0.2) is 30.5 Å². The van der Waals surface area contributed by atoms with Gasteiger partial charge >= 0.3 is 0 Å². The van der Waals surface area contributed by atoms with Crippen molar-refractivity contribution in [1.29, 1.82) is 0 Å². The minimum atomic E-state index is 0.790. The Morgan fingerprint density at radius 2 is 2.07 bits per heavy atom. The number of aromatic amines is 1. The number of anilines is 1. The van der Waals surface area contributed by atoms with Crippen LogP contribution in [0.2, 0.25) is 0 Å².